The van der Waals surface area contributed by atoms with Crippen LogP contribution in [-0.2, 0) is 4.79 Å². The molecule has 0 saturated carbocycles. The van der Waals surface area contributed by atoms with E-state index in [0.717, 1.165) is 19.3 Å². The predicted molar refractivity (Wildman–Crippen MR) is 40.6 cm³/mol. The van der Waals surface area contributed by atoms with Gasteiger partial charge >= 0.3 is 0 Å². The lowest BCUT2D eigenvalue weighted by Gasteiger charge is -2.16. The maximum absolute atomic E-state index is 10.8. The third-order valence-electron chi connectivity index (χ3n) is 2.36. The number of amides is 1. The monoisotopic (exact) mass is 141 g/mol. The van der Waals surface area contributed by atoms with E-state index in [4.69, 9.17) is 0 Å². The van der Waals surface area contributed by atoms with E-state index < -0.39 is 0 Å². The summed E-state index contributed by atoms with van der Waals surface area (Å²) in [7, 11) is 0. The molecular weight excluding hydrogens is 126 g/mol. The van der Waals surface area contributed by atoms with Crippen molar-refractivity contribution in [1.29, 1.82) is 0 Å². The zero-order valence-electron chi connectivity index (χ0n) is 6.68. The molecule has 1 unspecified atom stereocenters. The minimum absolute atomic E-state index is 0.227. The molecule has 0 aliphatic carbocycles. The highest BCUT2D eigenvalue weighted by Crippen LogP contribution is 2.17. The van der Waals surface area contributed by atoms with Gasteiger partial charge in [0.15, 0.2) is 0 Å². The Morgan fingerprint density at radius 2 is 2.50 bits per heavy atom. The number of hydrogen-bond acceptors (Lipinski definition) is 1. The van der Waals surface area contributed by atoms with Gasteiger partial charge in [0.05, 0.1) is 0 Å². The zero-order chi connectivity index (χ0) is 7.56. The summed E-state index contributed by atoms with van der Waals surface area (Å²) in [6.45, 7) is 4.35. The van der Waals surface area contributed by atoms with E-state index in [1.165, 1.54) is 0 Å². The number of carbonyl (C=O) groups excluding carboxylic acids is 1. The first-order valence-corrected chi connectivity index (χ1v) is 4.03. The van der Waals surface area contributed by atoms with E-state index in [1.54, 1.807) is 0 Å². The van der Waals surface area contributed by atoms with Gasteiger partial charge in [-0.3, -0.25) is 4.79 Å². The highest BCUT2D eigenvalue weighted by Gasteiger charge is 2.24. The maximum Gasteiger partial charge on any atom is 0.220 e. The van der Waals surface area contributed by atoms with Crippen molar-refractivity contribution in [3.05, 3.63) is 0 Å². The Labute approximate surface area is 62.0 Å². The van der Waals surface area contributed by atoms with Gasteiger partial charge < -0.3 is 5.32 Å². The topological polar surface area (TPSA) is 29.1 Å². The number of nitrogens with one attached hydrogen (secondary N) is 1. The Morgan fingerprint density at radius 3 is 2.90 bits per heavy atom. The Morgan fingerprint density at radius 1 is 1.80 bits per heavy atom. The van der Waals surface area contributed by atoms with Gasteiger partial charge in [-0.05, 0) is 12.3 Å². The summed E-state index contributed by atoms with van der Waals surface area (Å²) >= 11 is 0. The Balaban J connectivity index is 2.36. The van der Waals surface area contributed by atoms with E-state index in [0.29, 0.717) is 12.0 Å². The van der Waals surface area contributed by atoms with E-state index in [2.05, 4.69) is 19.2 Å². The number of carbonyl (C=O) groups is 1. The van der Waals surface area contributed by atoms with Crippen LogP contribution in [0.2, 0.25) is 0 Å². The quantitative estimate of drug-likeness (QED) is 0.617. The second-order valence-corrected chi connectivity index (χ2v) is 3.10. The lowest BCUT2D eigenvalue weighted by molar-refractivity contribution is -0.119. The molecule has 1 aliphatic rings. The summed E-state index contributed by atoms with van der Waals surface area (Å²) in [5, 5.41) is 2.97. The van der Waals surface area contributed by atoms with Crippen LogP contribution in [0.5, 0.6) is 0 Å². The molecule has 2 atom stereocenters. The molecule has 0 radical (unpaired) electrons. The maximum atomic E-state index is 10.8. The van der Waals surface area contributed by atoms with Crippen molar-refractivity contribution < 1.29 is 4.79 Å². The molecule has 1 rings (SSSR count). The molecule has 1 saturated heterocycles. The summed E-state index contributed by atoms with van der Waals surface area (Å²) in [6, 6.07) is 0.456. The van der Waals surface area contributed by atoms with Crippen molar-refractivity contribution in [2.75, 3.05) is 0 Å². The van der Waals surface area contributed by atoms with Crippen LogP contribution in [0.1, 0.15) is 33.1 Å². The van der Waals surface area contributed by atoms with Gasteiger partial charge in [0, 0.05) is 12.5 Å². The van der Waals surface area contributed by atoms with Crippen molar-refractivity contribution >= 4 is 5.91 Å². The Bertz CT molecular complexity index is 133. The van der Waals surface area contributed by atoms with Crippen molar-refractivity contribution in [3.8, 4) is 0 Å². The molecule has 10 heavy (non-hydrogen) atoms. The minimum Gasteiger partial charge on any atom is -0.353 e. The van der Waals surface area contributed by atoms with Gasteiger partial charge in [-0.25, -0.2) is 0 Å². The van der Waals surface area contributed by atoms with E-state index in [1.807, 2.05) is 0 Å². The lowest BCUT2D eigenvalue weighted by Crippen LogP contribution is -2.30. The van der Waals surface area contributed by atoms with Crippen LogP contribution in [0.25, 0.3) is 0 Å². The first-order valence-electron chi connectivity index (χ1n) is 4.03. The van der Waals surface area contributed by atoms with Gasteiger partial charge in [0.1, 0.15) is 0 Å². The largest absolute Gasteiger partial charge is 0.353 e. The third kappa shape index (κ3) is 1.49. The molecule has 1 fully saturated rings. The minimum atomic E-state index is 0.227. The first-order chi connectivity index (χ1) is 4.74. The second kappa shape index (κ2) is 3.04. The molecular formula is C8H15NO. The summed E-state index contributed by atoms with van der Waals surface area (Å²) < 4.78 is 0. The van der Waals surface area contributed by atoms with Gasteiger partial charge in [-0.2, -0.15) is 0 Å². The van der Waals surface area contributed by atoms with Crippen LogP contribution in [0.4, 0.5) is 0 Å². The SMILES string of the molecule is CCC(C)[C@@H]1CCC(=O)N1. The molecule has 1 aliphatic heterocycles. The summed E-state index contributed by atoms with van der Waals surface area (Å²) in [5.41, 5.74) is 0. The molecule has 2 heteroatoms. The molecule has 0 aromatic carbocycles. The molecule has 1 amide bonds. The van der Waals surface area contributed by atoms with Crippen molar-refractivity contribution in [3.63, 3.8) is 0 Å². The fourth-order valence-corrected chi connectivity index (χ4v) is 1.35. The smallest absolute Gasteiger partial charge is 0.220 e. The van der Waals surface area contributed by atoms with Crippen molar-refractivity contribution in [2.24, 2.45) is 5.92 Å². The van der Waals surface area contributed by atoms with Gasteiger partial charge in [-0.1, -0.05) is 20.3 Å². The number of hydrogen-bond donors (Lipinski definition) is 1. The summed E-state index contributed by atoms with van der Waals surface area (Å²) in [4.78, 5) is 10.8. The van der Waals surface area contributed by atoms with Crippen LogP contribution >= 0.6 is 0 Å². The normalized spacial score (nSPS) is 28.2. The second-order valence-electron chi connectivity index (χ2n) is 3.10. The fourth-order valence-electron chi connectivity index (χ4n) is 1.35. The summed E-state index contributed by atoms with van der Waals surface area (Å²) in [5.74, 6) is 0.872. The summed E-state index contributed by atoms with van der Waals surface area (Å²) in [6.07, 6.45) is 2.92. The fraction of sp³-hybridized carbons (Fsp3) is 0.875. The predicted octanol–water partition coefficient (Wildman–Crippen LogP) is 1.31. The Kier molecular flexibility index (Phi) is 2.30. The average Bonchev–Trinajstić information content (AvgIpc) is 2.34. The first kappa shape index (κ1) is 7.58. The van der Waals surface area contributed by atoms with Gasteiger partial charge in [-0.15, -0.1) is 0 Å². The zero-order valence-corrected chi connectivity index (χ0v) is 6.68. The van der Waals surface area contributed by atoms with Crippen LogP contribution in [0, 0.1) is 5.92 Å². The van der Waals surface area contributed by atoms with Crippen molar-refractivity contribution in [1.82, 2.24) is 5.32 Å². The highest BCUT2D eigenvalue weighted by atomic mass is 16.1. The number of rotatable bonds is 2. The molecule has 0 aromatic heterocycles. The van der Waals surface area contributed by atoms with E-state index >= 15 is 0 Å². The standard InChI is InChI=1S/C8H15NO/c1-3-6(2)7-4-5-8(10)9-7/h6-7H,3-5H2,1-2H3,(H,9,10)/t6?,7-/m0/s1. The molecule has 0 spiro atoms. The van der Waals surface area contributed by atoms with Crippen LogP contribution in [0.3, 0.4) is 0 Å². The molecule has 0 bridgehead atoms. The average molecular weight is 141 g/mol. The Hall–Kier alpha value is -0.530. The van der Waals surface area contributed by atoms with Gasteiger partial charge in [0.25, 0.3) is 0 Å². The van der Waals surface area contributed by atoms with Crippen LogP contribution < -0.4 is 5.32 Å². The molecule has 0 aromatic rings. The van der Waals surface area contributed by atoms with E-state index in [9.17, 15) is 4.79 Å². The third-order valence-corrected chi connectivity index (χ3v) is 2.36. The molecule has 1 heterocycles. The van der Waals surface area contributed by atoms with E-state index in [-0.39, 0.29) is 5.91 Å². The van der Waals surface area contributed by atoms with Crippen LogP contribution in [-0.4, -0.2) is 11.9 Å². The highest BCUT2D eigenvalue weighted by molar-refractivity contribution is 5.78. The molecule has 2 nitrogen and oxygen atoms in total. The molecule has 1 N–H and O–H groups in total. The van der Waals surface area contributed by atoms with Gasteiger partial charge in [0.2, 0.25) is 5.91 Å². The van der Waals surface area contributed by atoms with Crippen LogP contribution in [0.15, 0.2) is 0 Å². The lowest BCUT2D eigenvalue weighted by atomic mass is 9.98. The van der Waals surface area contributed by atoms with Crippen molar-refractivity contribution in [2.45, 2.75) is 39.2 Å². The molecule has 58 valence electrons.